The summed E-state index contributed by atoms with van der Waals surface area (Å²) >= 11 is 0. The van der Waals surface area contributed by atoms with E-state index >= 15 is 0 Å². The minimum absolute atomic E-state index is 0.0186. The fraction of sp³-hybridized carbons (Fsp3) is 0.130. The van der Waals surface area contributed by atoms with Gasteiger partial charge in [-0.05, 0) is 49.4 Å². The van der Waals surface area contributed by atoms with Crippen LogP contribution >= 0.6 is 0 Å². The maximum absolute atomic E-state index is 13.4. The van der Waals surface area contributed by atoms with Crippen LogP contribution in [0.1, 0.15) is 11.1 Å². The monoisotopic (exact) mass is 482 g/mol. The van der Waals surface area contributed by atoms with Crippen molar-refractivity contribution in [1.82, 2.24) is 5.43 Å². The van der Waals surface area contributed by atoms with E-state index in [4.69, 9.17) is 4.74 Å². The molecule has 34 heavy (non-hydrogen) atoms. The summed E-state index contributed by atoms with van der Waals surface area (Å²) in [5, 5.41) is 14.9. The molecule has 0 spiro atoms. The number of hydrogen-bond donors (Lipinski definition) is 1. The Morgan fingerprint density at radius 2 is 1.74 bits per heavy atom. The van der Waals surface area contributed by atoms with Crippen molar-refractivity contribution in [2.75, 3.05) is 18.0 Å². The van der Waals surface area contributed by atoms with E-state index in [9.17, 15) is 23.3 Å². The van der Waals surface area contributed by atoms with Crippen LogP contribution in [0, 0.1) is 17.0 Å². The molecule has 10 nitrogen and oxygen atoms in total. The van der Waals surface area contributed by atoms with Crippen LogP contribution in [0.5, 0.6) is 5.75 Å². The van der Waals surface area contributed by atoms with Gasteiger partial charge in [0.05, 0.1) is 34.4 Å². The van der Waals surface area contributed by atoms with Crippen LogP contribution in [0.25, 0.3) is 0 Å². The number of methoxy groups -OCH3 is 1. The number of nitro benzene ring substituents is 1. The molecular weight excluding hydrogens is 460 g/mol. The summed E-state index contributed by atoms with van der Waals surface area (Å²) in [4.78, 5) is 23.2. The van der Waals surface area contributed by atoms with Gasteiger partial charge in [-0.2, -0.15) is 5.10 Å². The maximum atomic E-state index is 13.4. The lowest BCUT2D eigenvalue weighted by atomic mass is 10.2. The van der Waals surface area contributed by atoms with Gasteiger partial charge in [0.15, 0.2) is 0 Å². The van der Waals surface area contributed by atoms with Crippen LogP contribution in [0.4, 0.5) is 11.4 Å². The third-order valence-electron chi connectivity index (χ3n) is 4.78. The first-order valence-corrected chi connectivity index (χ1v) is 11.4. The molecule has 1 N–H and O–H groups in total. The van der Waals surface area contributed by atoms with Crippen LogP contribution in [0.2, 0.25) is 0 Å². The summed E-state index contributed by atoms with van der Waals surface area (Å²) in [5.74, 6) is -0.212. The summed E-state index contributed by atoms with van der Waals surface area (Å²) in [5.41, 5.74) is 3.37. The predicted octanol–water partition coefficient (Wildman–Crippen LogP) is 3.26. The number of carbonyl (C=O) groups excluding carboxylic acids is 1. The van der Waals surface area contributed by atoms with Gasteiger partial charge in [-0.1, -0.05) is 29.8 Å². The highest BCUT2D eigenvalue weighted by molar-refractivity contribution is 7.92. The van der Waals surface area contributed by atoms with Crippen LogP contribution in [-0.4, -0.2) is 39.1 Å². The number of amides is 1. The molecule has 11 heteroatoms. The lowest BCUT2D eigenvalue weighted by Gasteiger charge is -2.24. The van der Waals surface area contributed by atoms with Crippen LogP contribution in [-0.2, 0) is 14.8 Å². The Morgan fingerprint density at radius 3 is 2.35 bits per heavy atom. The first-order chi connectivity index (χ1) is 16.2. The van der Waals surface area contributed by atoms with Gasteiger partial charge >= 0.3 is 0 Å². The molecule has 0 saturated heterocycles. The Kier molecular flexibility index (Phi) is 7.59. The minimum Gasteiger partial charge on any atom is -0.497 e. The molecule has 0 fully saturated rings. The van der Waals surface area contributed by atoms with Crippen LogP contribution in [0.15, 0.2) is 82.8 Å². The number of nitro groups is 1. The first kappa shape index (κ1) is 24.4. The highest BCUT2D eigenvalue weighted by Gasteiger charge is 2.27. The Balaban J connectivity index is 1.86. The molecule has 0 aliphatic carbocycles. The van der Waals surface area contributed by atoms with Gasteiger partial charge in [0.1, 0.15) is 12.3 Å². The zero-order valence-corrected chi connectivity index (χ0v) is 19.2. The zero-order chi connectivity index (χ0) is 24.7. The van der Waals surface area contributed by atoms with Gasteiger partial charge in [0, 0.05) is 6.07 Å². The number of para-hydroxylation sites is 1. The van der Waals surface area contributed by atoms with E-state index in [1.807, 2.05) is 6.92 Å². The predicted molar refractivity (Wildman–Crippen MR) is 128 cm³/mol. The van der Waals surface area contributed by atoms with Crippen molar-refractivity contribution in [2.45, 2.75) is 11.8 Å². The Morgan fingerprint density at radius 1 is 1.09 bits per heavy atom. The number of sulfonamides is 1. The topological polar surface area (TPSA) is 131 Å². The van der Waals surface area contributed by atoms with Crippen molar-refractivity contribution in [2.24, 2.45) is 5.10 Å². The van der Waals surface area contributed by atoms with Crippen molar-refractivity contribution < 1.29 is 22.9 Å². The van der Waals surface area contributed by atoms with Gasteiger partial charge in [0.2, 0.25) is 0 Å². The Labute approximate surface area is 196 Å². The molecule has 0 aliphatic heterocycles. The lowest BCUT2D eigenvalue weighted by molar-refractivity contribution is -0.385. The Hall–Kier alpha value is -4.25. The number of hydrazone groups is 1. The molecule has 1 amide bonds. The molecule has 0 heterocycles. The molecule has 0 radical (unpaired) electrons. The second-order valence-electron chi connectivity index (χ2n) is 7.13. The highest BCUT2D eigenvalue weighted by Crippen LogP contribution is 2.26. The third kappa shape index (κ3) is 5.75. The molecular formula is C23H22N4O6S. The third-order valence-corrected chi connectivity index (χ3v) is 6.57. The van der Waals surface area contributed by atoms with E-state index in [1.165, 1.54) is 49.6 Å². The standard InChI is InChI=1S/C23H22N4O6S/c1-17-7-13-21(14-8-17)34(31,32)26(19-9-11-20(33-2)12-10-19)16-23(28)25-24-15-18-5-3-4-6-22(18)27(29)30/h3-15H,16H2,1-2H3,(H,25,28)/b24-15+. The largest absolute Gasteiger partial charge is 0.497 e. The second-order valence-corrected chi connectivity index (χ2v) is 8.99. The van der Waals surface area contributed by atoms with Gasteiger partial charge < -0.3 is 4.74 Å². The van der Waals surface area contributed by atoms with E-state index < -0.39 is 27.4 Å². The quantitative estimate of drug-likeness (QED) is 0.283. The lowest BCUT2D eigenvalue weighted by Crippen LogP contribution is -2.39. The smallest absolute Gasteiger partial charge is 0.278 e. The van der Waals surface area contributed by atoms with E-state index in [0.717, 1.165) is 16.1 Å². The number of ether oxygens (including phenoxy) is 1. The number of benzene rings is 3. The van der Waals surface area contributed by atoms with Gasteiger partial charge in [-0.25, -0.2) is 13.8 Å². The van der Waals surface area contributed by atoms with Gasteiger partial charge in [-0.3, -0.25) is 19.2 Å². The van der Waals surface area contributed by atoms with E-state index in [-0.39, 0.29) is 21.8 Å². The summed E-state index contributed by atoms with van der Waals surface area (Å²) in [6.45, 7) is 1.26. The fourth-order valence-corrected chi connectivity index (χ4v) is 4.42. The molecule has 3 aromatic carbocycles. The number of nitrogens with one attached hydrogen (secondary N) is 1. The summed E-state index contributed by atoms with van der Waals surface area (Å²) in [6, 6.07) is 18.3. The van der Waals surface area contributed by atoms with E-state index in [1.54, 1.807) is 30.3 Å². The molecule has 0 aliphatic rings. The number of anilines is 1. The maximum Gasteiger partial charge on any atom is 0.278 e. The summed E-state index contributed by atoms with van der Waals surface area (Å²) in [6.07, 6.45) is 1.13. The average molecular weight is 483 g/mol. The minimum atomic E-state index is -4.09. The number of rotatable bonds is 9. The van der Waals surface area contributed by atoms with Crippen molar-refractivity contribution in [3.05, 3.63) is 94.0 Å². The van der Waals surface area contributed by atoms with Crippen molar-refractivity contribution >= 4 is 33.5 Å². The summed E-state index contributed by atoms with van der Waals surface area (Å²) < 4.78 is 32.8. The number of aryl methyl sites for hydroxylation is 1. The molecule has 0 aromatic heterocycles. The zero-order valence-electron chi connectivity index (χ0n) is 18.4. The number of carbonyl (C=O) groups is 1. The van der Waals surface area contributed by atoms with E-state index in [2.05, 4.69) is 10.5 Å². The molecule has 0 saturated carbocycles. The molecule has 3 rings (SSSR count). The number of hydrogen-bond acceptors (Lipinski definition) is 7. The summed E-state index contributed by atoms with van der Waals surface area (Å²) in [7, 11) is -2.61. The molecule has 176 valence electrons. The number of nitrogens with zero attached hydrogens (tertiary/aromatic N) is 3. The highest BCUT2D eigenvalue weighted by atomic mass is 32.2. The van der Waals surface area contributed by atoms with Crippen LogP contribution < -0.4 is 14.5 Å². The normalized spacial score (nSPS) is 11.2. The molecule has 3 aromatic rings. The molecule has 0 unspecified atom stereocenters. The first-order valence-electron chi connectivity index (χ1n) is 10.0. The SMILES string of the molecule is COc1ccc(N(CC(=O)N/N=C/c2ccccc2[N+](=O)[O-])S(=O)(=O)c2ccc(C)cc2)cc1. The van der Waals surface area contributed by atoms with E-state index in [0.29, 0.717) is 5.75 Å². The second kappa shape index (κ2) is 10.6. The molecule has 0 atom stereocenters. The average Bonchev–Trinajstić information content (AvgIpc) is 2.83. The fourth-order valence-electron chi connectivity index (χ4n) is 3.00. The van der Waals surface area contributed by atoms with Crippen molar-refractivity contribution in [3.63, 3.8) is 0 Å². The van der Waals surface area contributed by atoms with Gasteiger partial charge in [0.25, 0.3) is 21.6 Å². The van der Waals surface area contributed by atoms with Gasteiger partial charge in [-0.15, -0.1) is 0 Å². The van der Waals surface area contributed by atoms with Crippen molar-refractivity contribution in [1.29, 1.82) is 0 Å². The van der Waals surface area contributed by atoms with Crippen LogP contribution in [0.3, 0.4) is 0 Å². The van der Waals surface area contributed by atoms with Crippen molar-refractivity contribution in [3.8, 4) is 5.75 Å². The Bertz CT molecular complexity index is 1310. The molecule has 0 bridgehead atoms.